The molecule has 0 radical (unpaired) electrons. The number of aliphatic hydroxyl groups is 1. The van der Waals surface area contributed by atoms with Crippen LogP contribution in [0.1, 0.15) is 45.6 Å². The van der Waals surface area contributed by atoms with Crippen molar-refractivity contribution in [1.29, 1.82) is 0 Å². The van der Waals surface area contributed by atoms with Crippen molar-refractivity contribution >= 4 is 50.6 Å². The van der Waals surface area contributed by atoms with Crippen LogP contribution >= 0.6 is 16.5 Å². The predicted octanol–water partition coefficient (Wildman–Crippen LogP) is 1.18. The normalized spacial score (nSPS) is 32.2. The smallest absolute Gasteiger partial charge is 0.382 e. The minimum Gasteiger partial charge on any atom is -0.382 e. The van der Waals surface area contributed by atoms with Crippen LogP contribution in [0.3, 0.4) is 0 Å². The summed E-state index contributed by atoms with van der Waals surface area (Å²) < 4.78 is 63.5. The second-order valence-electron chi connectivity index (χ2n) is 12.1. The molecule has 3 aliphatic rings. The number of aliphatic hydroxyl groups excluding tert-OH is 1. The van der Waals surface area contributed by atoms with Gasteiger partial charge in [-0.25, -0.2) is 29.1 Å². The van der Waals surface area contributed by atoms with Crippen molar-refractivity contribution in [2.45, 2.75) is 69.0 Å². The summed E-state index contributed by atoms with van der Waals surface area (Å²) in [7, 11) is -5.48. The number of H-pyrrole nitrogens is 1. The number of nitrogens with two attached hydrogens (primary N) is 2. The van der Waals surface area contributed by atoms with E-state index in [1.165, 1.54) is 23.5 Å². The Kier molecular flexibility index (Phi) is 8.80. The highest BCUT2D eigenvalue weighted by Crippen LogP contribution is 2.63. The number of nitrogens with one attached hydrogen (secondary N) is 1. The molecule has 2 aliphatic heterocycles. The SMILES string of the molecule is CC[C@H]1[C@H](n2cnc3c(N)ncnc32)O[C@](CC)(COP=O)[C@H]1OP(=O)(O)OC[C@]12C[C@H]1[C@@H](OCO)[C@H](n1cnc3c(=O)[nH]c(N)nc31)O2. The van der Waals surface area contributed by atoms with E-state index in [9.17, 15) is 23.9 Å². The molecule has 4 aromatic rings. The van der Waals surface area contributed by atoms with Crippen LogP contribution in [0.5, 0.6) is 0 Å². The zero-order valence-corrected chi connectivity index (χ0v) is 28.0. The van der Waals surface area contributed by atoms with E-state index in [4.69, 9.17) is 39.2 Å². The highest BCUT2D eigenvalue weighted by Gasteiger charge is 2.69. The van der Waals surface area contributed by atoms with Crippen molar-refractivity contribution in [2.75, 3.05) is 31.5 Å². The van der Waals surface area contributed by atoms with E-state index in [-0.39, 0.29) is 48.5 Å². The summed E-state index contributed by atoms with van der Waals surface area (Å²) >= 11 is 0. The number of hydrogen-bond donors (Lipinski definition) is 5. The lowest BCUT2D eigenvalue weighted by Gasteiger charge is -2.34. The number of aromatic nitrogens is 8. The Bertz CT molecular complexity index is 1990. The highest BCUT2D eigenvalue weighted by molar-refractivity contribution is 7.47. The second-order valence-corrected chi connectivity index (χ2v) is 13.9. The van der Waals surface area contributed by atoms with Crippen LogP contribution in [0.4, 0.5) is 11.8 Å². The maximum absolute atomic E-state index is 13.7. The lowest BCUT2D eigenvalue weighted by molar-refractivity contribution is -0.134. The number of fused-ring (bicyclic) bond motifs is 3. The van der Waals surface area contributed by atoms with Crippen molar-refractivity contribution in [2.24, 2.45) is 11.8 Å². The zero-order chi connectivity index (χ0) is 34.7. The minimum atomic E-state index is -4.86. The molecular weight excluding hydrogens is 690 g/mol. The van der Waals surface area contributed by atoms with Crippen LogP contribution in [-0.4, -0.2) is 92.5 Å². The summed E-state index contributed by atoms with van der Waals surface area (Å²) in [6.07, 6.45) is 1.55. The largest absolute Gasteiger partial charge is 0.472 e. The van der Waals surface area contributed by atoms with Gasteiger partial charge in [0.15, 0.2) is 28.9 Å². The van der Waals surface area contributed by atoms with E-state index < -0.39 is 70.6 Å². The molecule has 4 aromatic heterocycles. The van der Waals surface area contributed by atoms with E-state index >= 15 is 0 Å². The summed E-state index contributed by atoms with van der Waals surface area (Å²) in [5, 5.41) is 9.64. The van der Waals surface area contributed by atoms with Crippen LogP contribution in [-0.2, 0) is 36.9 Å². The van der Waals surface area contributed by atoms with Crippen LogP contribution in [0.25, 0.3) is 22.3 Å². The molecule has 7 rings (SSSR count). The molecule has 1 unspecified atom stereocenters. The first kappa shape index (κ1) is 34.0. The summed E-state index contributed by atoms with van der Waals surface area (Å²) in [5.74, 6) is -0.901. The summed E-state index contributed by atoms with van der Waals surface area (Å²) in [6.45, 7) is 2.37. The Morgan fingerprint density at radius 2 is 1.86 bits per heavy atom. The molecule has 3 fully saturated rings. The molecule has 21 nitrogen and oxygen atoms in total. The third-order valence-electron chi connectivity index (χ3n) is 9.55. The third-order valence-corrected chi connectivity index (χ3v) is 10.7. The average molecular weight is 725 g/mol. The Balaban J connectivity index is 1.13. The molecule has 6 heterocycles. The highest BCUT2D eigenvalue weighted by atomic mass is 31.2. The minimum absolute atomic E-state index is 0.0154. The van der Waals surface area contributed by atoms with Gasteiger partial charge in [0, 0.05) is 11.8 Å². The van der Waals surface area contributed by atoms with Gasteiger partial charge in [0.2, 0.25) is 5.95 Å². The molecule has 23 heteroatoms. The Labute approximate surface area is 278 Å². The van der Waals surface area contributed by atoms with Crippen molar-refractivity contribution in [3.8, 4) is 0 Å². The van der Waals surface area contributed by atoms with Crippen molar-refractivity contribution in [3.63, 3.8) is 0 Å². The number of phosphoric ester groups is 1. The van der Waals surface area contributed by atoms with Gasteiger partial charge in [-0.3, -0.25) is 32.5 Å². The Morgan fingerprint density at radius 3 is 2.57 bits per heavy atom. The fourth-order valence-corrected chi connectivity index (χ4v) is 8.40. The second kappa shape index (κ2) is 12.7. The maximum atomic E-state index is 13.7. The maximum Gasteiger partial charge on any atom is 0.472 e. The molecular formula is C26H34N10O11P2. The monoisotopic (exact) mass is 724 g/mol. The van der Waals surface area contributed by atoms with Gasteiger partial charge in [-0.1, -0.05) is 13.8 Å². The zero-order valence-electron chi connectivity index (χ0n) is 26.2. The topological polar surface area (TPSA) is 289 Å². The van der Waals surface area contributed by atoms with Crippen molar-refractivity contribution < 1.29 is 46.9 Å². The van der Waals surface area contributed by atoms with Crippen molar-refractivity contribution in [1.82, 2.24) is 39.0 Å². The molecule has 1 saturated carbocycles. The molecule has 0 aromatic carbocycles. The molecule has 1 aliphatic carbocycles. The number of aromatic amines is 1. The Morgan fingerprint density at radius 1 is 1.10 bits per heavy atom. The number of rotatable bonds is 14. The van der Waals surface area contributed by atoms with E-state index in [0.29, 0.717) is 24.0 Å². The number of anilines is 2. The average Bonchev–Trinajstić information content (AvgIpc) is 3.43. The van der Waals surface area contributed by atoms with E-state index in [1.807, 2.05) is 6.92 Å². The fraction of sp³-hybridized carbons (Fsp3) is 0.615. The van der Waals surface area contributed by atoms with Crippen LogP contribution < -0.4 is 17.0 Å². The van der Waals surface area contributed by atoms with E-state index in [0.717, 1.165) is 0 Å². The van der Waals surface area contributed by atoms with E-state index in [2.05, 4.69) is 29.9 Å². The van der Waals surface area contributed by atoms with Gasteiger partial charge in [0.1, 0.15) is 48.3 Å². The van der Waals surface area contributed by atoms with Crippen LogP contribution in [0.15, 0.2) is 23.8 Å². The lowest BCUT2D eigenvalue weighted by Crippen LogP contribution is -2.46. The first-order valence-corrected chi connectivity index (χ1v) is 17.6. The van der Waals surface area contributed by atoms with Crippen molar-refractivity contribution in [3.05, 3.63) is 29.3 Å². The summed E-state index contributed by atoms with van der Waals surface area (Å²) in [4.78, 5) is 46.8. The number of phosphoric acid groups is 1. The summed E-state index contributed by atoms with van der Waals surface area (Å²) in [6, 6.07) is 0. The first-order chi connectivity index (χ1) is 23.5. The predicted molar refractivity (Wildman–Crippen MR) is 166 cm³/mol. The number of hydrogen-bond acceptors (Lipinski definition) is 17. The van der Waals surface area contributed by atoms with Gasteiger partial charge in [0.05, 0.1) is 25.9 Å². The van der Waals surface area contributed by atoms with Gasteiger partial charge in [-0.05, 0) is 19.3 Å². The quantitative estimate of drug-likeness (QED) is 0.0901. The molecule has 9 atom stereocenters. The van der Waals surface area contributed by atoms with E-state index in [1.54, 1.807) is 11.5 Å². The molecule has 0 amide bonds. The van der Waals surface area contributed by atoms with Crippen LogP contribution in [0, 0.1) is 11.8 Å². The molecule has 2 saturated heterocycles. The number of imidazole rings is 2. The number of ether oxygens (including phenoxy) is 3. The van der Waals surface area contributed by atoms with Gasteiger partial charge in [0.25, 0.3) is 5.56 Å². The Hall–Kier alpha value is -3.49. The molecule has 49 heavy (non-hydrogen) atoms. The first-order valence-electron chi connectivity index (χ1n) is 15.3. The number of nitrogens with zero attached hydrogens (tertiary/aromatic N) is 7. The van der Waals surface area contributed by atoms with Gasteiger partial charge in [-0.15, -0.1) is 0 Å². The van der Waals surface area contributed by atoms with Gasteiger partial charge in [-0.2, -0.15) is 4.98 Å². The van der Waals surface area contributed by atoms with Crippen LogP contribution in [0.2, 0.25) is 0 Å². The molecule has 264 valence electrons. The number of nitrogen functional groups attached to an aromatic ring is 2. The van der Waals surface area contributed by atoms with Gasteiger partial charge >= 0.3 is 16.5 Å². The molecule has 0 spiro atoms. The molecule has 7 N–H and O–H groups in total. The lowest BCUT2D eigenvalue weighted by atomic mass is 9.87. The van der Waals surface area contributed by atoms with Gasteiger partial charge < -0.3 is 35.7 Å². The summed E-state index contributed by atoms with van der Waals surface area (Å²) in [5.41, 5.74) is 9.63. The third kappa shape index (κ3) is 5.73. The standard InChI is InChI=1S/C26H34N10O11P2/c1-3-12-17(25(4-2,6-43-48-39)45-22(12)35-9-31-14-18(27)29-8-30-19(14)35)47-49(40,41)44-7-26-5-13(26)16(42-11-37)23(46-26)36-10-32-15-20(36)33-24(28)34-21(15)38/h8-10,12-13,16-17,22-23,37H,3-7,11H2,1-2H3,(H,40,41)(H2,27,29,30)(H3,28,33,34,38)/t12-,13+,16-,17+,22-,23-,25-,26-/m1/s1. The fourth-order valence-electron chi connectivity index (χ4n) is 7.05. The molecule has 0 bridgehead atoms.